The fraction of sp³-hybridized carbons (Fsp3) is 0.611. The number of hydrogen-bond acceptors (Lipinski definition) is 5. The summed E-state index contributed by atoms with van der Waals surface area (Å²) in [5, 5.41) is 1.09. The van der Waals surface area contributed by atoms with Crippen LogP contribution in [-0.4, -0.2) is 42.9 Å². The van der Waals surface area contributed by atoms with Crippen LogP contribution in [0.4, 0.5) is 5.69 Å². The summed E-state index contributed by atoms with van der Waals surface area (Å²) in [5.74, 6) is 0.997. The van der Waals surface area contributed by atoms with Gasteiger partial charge in [0.15, 0.2) is 15.0 Å². The molecule has 0 bridgehead atoms. The van der Waals surface area contributed by atoms with Crippen LogP contribution in [0.2, 0.25) is 0 Å². The molecule has 0 amide bonds. The molecule has 2 aliphatic heterocycles. The highest BCUT2D eigenvalue weighted by atomic mass is 32.2. The molecule has 0 saturated carbocycles. The largest absolute Gasteiger partial charge is 0.321 e. The molecule has 2 aliphatic rings. The Balaban J connectivity index is 1.82. The van der Waals surface area contributed by atoms with Gasteiger partial charge >= 0.3 is 0 Å². The summed E-state index contributed by atoms with van der Waals surface area (Å²) in [6.07, 6.45) is 2.22. The zero-order valence-electron chi connectivity index (χ0n) is 14.6. The van der Waals surface area contributed by atoms with Gasteiger partial charge in [0.1, 0.15) is 0 Å². The lowest BCUT2D eigenvalue weighted by Crippen LogP contribution is -2.29. The van der Waals surface area contributed by atoms with Gasteiger partial charge in [-0.15, -0.1) is 0 Å². The van der Waals surface area contributed by atoms with Crippen LogP contribution < -0.4 is 4.90 Å². The second-order valence-electron chi connectivity index (χ2n) is 6.96. The van der Waals surface area contributed by atoms with E-state index in [1.807, 2.05) is 0 Å². The molecule has 1 fully saturated rings. The third-order valence-electron chi connectivity index (χ3n) is 4.64. The van der Waals surface area contributed by atoms with Gasteiger partial charge in [0, 0.05) is 17.5 Å². The number of anilines is 1. The van der Waals surface area contributed by atoms with Crippen molar-refractivity contribution in [2.24, 2.45) is 4.99 Å². The molecule has 0 N–H and O–H groups in total. The molecule has 0 radical (unpaired) electrons. The predicted octanol–water partition coefficient (Wildman–Crippen LogP) is 3.68. The summed E-state index contributed by atoms with van der Waals surface area (Å²) < 4.78 is 23.5. The van der Waals surface area contributed by atoms with Crippen molar-refractivity contribution in [1.82, 2.24) is 0 Å². The van der Waals surface area contributed by atoms with E-state index in [1.54, 1.807) is 11.8 Å². The van der Waals surface area contributed by atoms with Gasteiger partial charge in [0.2, 0.25) is 0 Å². The fourth-order valence-corrected chi connectivity index (χ4v) is 6.97. The van der Waals surface area contributed by atoms with E-state index in [0.717, 1.165) is 30.2 Å². The van der Waals surface area contributed by atoms with E-state index in [0.29, 0.717) is 5.92 Å². The predicted molar refractivity (Wildman–Crippen MR) is 104 cm³/mol. The summed E-state index contributed by atoms with van der Waals surface area (Å²) >= 11 is 1.64. The molecule has 0 spiro atoms. The average molecular weight is 367 g/mol. The maximum absolute atomic E-state index is 11.8. The molecule has 0 aliphatic carbocycles. The number of aliphatic imine (C=N–C) groups is 1. The Morgan fingerprint density at radius 3 is 2.54 bits per heavy atom. The lowest BCUT2D eigenvalue weighted by Gasteiger charge is -2.25. The summed E-state index contributed by atoms with van der Waals surface area (Å²) in [7, 11) is -2.90. The van der Waals surface area contributed by atoms with Gasteiger partial charge in [-0.25, -0.2) is 8.42 Å². The van der Waals surface area contributed by atoms with Gasteiger partial charge in [-0.3, -0.25) is 4.99 Å². The standard InChI is InChI=1S/C18H26N2O2S2/c1-4-5-10-20(15-8-6-14(7-9-15)13(2)3)18-19-16-11-24(21,22)12-17(16)23-18/h6-9,13,16-17H,4-5,10-12H2,1-3H3/t16-,17+/m0/s1. The molecule has 2 heterocycles. The van der Waals surface area contributed by atoms with Crippen LogP contribution >= 0.6 is 11.8 Å². The van der Waals surface area contributed by atoms with Gasteiger partial charge in [0.25, 0.3) is 0 Å². The Morgan fingerprint density at radius 1 is 1.25 bits per heavy atom. The van der Waals surface area contributed by atoms with Crippen molar-refractivity contribution in [3.8, 4) is 0 Å². The molecule has 3 rings (SSSR count). The number of fused-ring (bicyclic) bond motifs is 1. The van der Waals surface area contributed by atoms with Crippen molar-refractivity contribution in [1.29, 1.82) is 0 Å². The summed E-state index contributed by atoms with van der Waals surface area (Å²) in [5.41, 5.74) is 2.49. The van der Waals surface area contributed by atoms with E-state index in [9.17, 15) is 8.42 Å². The normalized spacial score (nSPS) is 24.9. The molecule has 1 saturated heterocycles. The van der Waals surface area contributed by atoms with Crippen molar-refractivity contribution in [2.75, 3.05) is 23.0 Å². The van der Waals surface area contributed by atoms with Crippen molar-refractivity contribution < 1.29 is 8.42 Å². The first-order chi connectivity index (χ1) is 11.4. The Hall–Kier alpha value is -1.01. The maximum atomic E-state index is 11.8. The number of sulfone groups is 1. The lowest BCUT2D eigenvalue weighted by atomic mass is 10.0. The first kappa shape index (κ1) is 17.8. The van der Waals surface area contributed by atoms with E-state index < -0.39 is 9.84 Å². The number of amidine groups is 1. The molecule has 0 unspecified atom stereocenters. The summed E-state index contributed by atoms with van der Waals surface area (Å²) in [6, 6.07) is 8.64. The van der Waals surface area contributed by atoms with E-state index in [1.165, 1.54) is 5.56 Å². The van der Waals surface area contributed by atoms with Gasteiger partial charge in [-0.05, 0) is 30.0 Å². The van der Waals surface area contributed by atoms with Crippen molar-refractivity contribution in [3.05, 3.63) is 29.8 Å². The highest BCUT2D eigenvalue weighted by Crippen LogP contribution is 2.37. The number of hydrogen-bond donors (Lipinski definition) is 0. The Labute approximate surface area is 149 Å². The number of unbranched alkanes of at least 4 members (excludes halogenated alkanes) is 1. The highest BCUT2D eigenvalue weighted by molar-refractivity contribution is 8.15. The summed E-state index contributed by atoms with van der Waals surface area (Å²) in [6.45, 7) is 7.51. The first-order valence-corrected chi connectivity index (χ1v) is 11.4. The van der Waals surface area contributed by atoms with Crippen LogP contribution in [0, 0.1) is 0 Å². The van der Waals surface area contributed by atoms with Crippen LogP contribution in [0.5, 0.6) is 0 Å². The molecule has 24 heavy (non-hydrogen) atoms. The van der Waals surface area contributed by atoms with Crippen LogP contribution in [-0.2, 0) is 9.84 Å². The molecular formula is C18H26N2O2S2. The number of nitrogens with zero attached hydrogens (tertiary/aromatic N) is 2. The molecule has 132 valence electrons. The third kappa shape index (κ3) is 3.80. The quantitative estimate of drug-likeness (QED) is 0.797. The average Bonchev–Trinajstić information content (AvgIpc) is 3.01. The minimum atomic E-state index is -2.90. The zero-order chi connectivity index (χ0) is 17.3. The van der Waals surface area contributed by atoms with Crippen molar-refractivity contribution in [2.45, 2.75) is 50.8 Å². The van der Waals surface area contributed by atoms with Crippen molar-refractivity contribution >= 4 is 32.5 Å². The third-order valence-corrected chi connectivity index (χ3v) is 7.89. The maximum Gasteiger partial charge on any atom is 0.164 e. The molecule has 6 heteroatoms. The topological polar surface area (TPSA) is 49.7 Å². The zero-order valence-corrected chi connectivity index (χ0v) is 16.2. The van der Waals surface area contributed by atoms with Crippen LogP contribution in [0.1, 0.15) is 45.1 Å². The van der Waals surface area contributed by atoms with E-state index in [-0.39, 0.29) is 22.8 Å². The van der Waals surface area contributed by atoms with Gasteiger partial charge in [-0.2, -0.15) is 0 Å². The minimum Gasteiger partial charge on any atom is -0.321 e. The van der Waals surface area contributed by atoms with Gasteiger partial charge in [0.05, 0.1) is 17.5 Å². The van der Waals surface area contributed by atoms with Gasteiger partial charge < -0.3 is 4.90 Å². The Bertz CT molecular complexity index is 711. The number of thioether (sulfide) groups is 1. The van der Waals surface area contributed by atoms with E-state index >= 15 is 0 Å². The first-order valence-electron chi connectivity index (χ1n) is 8.72. The minimum absolute atomic E-state index is 0.0611. The molecule has 1 aromatic rings. The van der Waals surface area contributed by atoms with E-state index in [4.69, 9.17) is 4.99 Å². The van der Waals surface area contributed by atoms with Gasteiger partial charge in [-0.1, -0.05) is 51.1 Å². The Morgan fingerprint density at radius 2 is 1.96 bits per heavy atom. The molecule has 0 aromatic heterocycles. The van der Waals surface area contributed by atoms with Crippen LogP contribution in [0.25, 0.3) is 0 Å². The van der Waals surface area contributed by atoms with E-state index in [2.05, 4.69) is 49.9 Å². The SMILES string of the molecule is CCCCN(C1=N[C@H]2CS(=O)(=O)C[C@H]2S1)c1ccc(C(C)C)cc1. The van der Waals surface area contributed by atoms with Crippen LogP contribution in [0.15, 0.2) is 29.3 Å². The fourth-order valence-electron chi connectivity index (χ4n) is 3.16. The Kier molecular flexibility index (Phi) is 5.25. The summed E-state index contributed by atoms with van der Waals surface area (Å²) in [4.78, 5) is 7.03. The molecule has 4 nitrogen and oxygen atoms in total. The molecular weight excluding hydrogens is 340 g/mol. The number of benzene rings is 1. The molecule has 1 aromatic carbocycles. The number of rotatable bonds is 5. The second-order valence-corrected chi connectivity index (χ2v) is 10.3. The lowest BCUT2D eigenvalue weighted by molar-refractivity contribution is 0.601. The smallest absolute Gasteiger partial charge is 0.164 e. The second kappa shape index (κ2) is 7.08. The van der Waals surface area contributed by atoms with Crippen LogP contribution in [0.3, 0.4) is 0 Å². The monoisotopic (exact) mass is 366 g/mol. The van der Waals surface area contributed by atoms with Crippen molar-refractivity contribution in [3.63, 3.8) is 0 Å². The highest BCUT2D eigenvalue weighted by Gasteiger charge is 2.43. The molecule has 2 atom stereocenters.